The fraction of sp³-hybridized carbons (Fsp3) is 0.300. The zero-order valence-electron chi connectivity index (χ0n) is 16.0. The molecule has 150 valence electrons. The van der Waals surface area contributed by atoms with Gasteiger partial charge in [0.05, 0.1) is 18.3 Å². The van der Waals surface area contributed by atoms with Crippen LogP contribution in [0.2, 0.25) is 0 Å². The van der Waals surface area contributed by atoms with Gasteiger partial charge in [-0.3, -0.25) is 10.1 Å². The number of rotatable bonds is 8. The van der Waals surface area contributed by atoms with Gasteiger partial charge in [0.2, 0.25) is 0 Å². The number of carbonyl (C=O) groups is 1. The number of hydrogen-bond donors (Lipinski definition) is 2. The molecule has 0 aromatic heterocycles. The summed E-state index contributed by atoms with van der Waals surface area (Å²) in [7, 11) is 1.62. The number of thiocarbonyl (C=S) groups is 1. The molecule has 8 heteroatoms. The molecule has 28 heavy (non-hydrogen) atoms. The van der Waals surface area contributed by atoms with Crippen molar-refractivity contribution in [1.29, 1.82) is 0 Å². The summed E-state index contributed by atoms with van der Waals surface area (Å²) in [6.07, 6.45) is -0.0568. The molecule has 0 bridgehead atoms. The Morgan fingerprint density at radius 1 is 1.18 bits per heavy atom. The number of carbonyl (C=O) groups excluding carboxylic acids is 1. The molecule has 0 saturated carbocycles. The van der Waals surface area contributed by atoms with Crippen molar-refractivity contribution in [3.8, 4) is 11.5 Å². The maximum absolute atomic E-state index is 12.7. The van der Waals surface area contributed by atoms with Crippen LogP contribution in [-0.2, 0) is 4.74 Å². The highest BCUT2D eigenvalue weighted by atomic mass is 79.9. The van der Waals surface area contributed by atoms with Crippen molar-refractivity contribution in [3.05, 3.63) is 52.5 Å². The first-order chi connectivity index (χ1) is 13.4. The molecule has 0 atom stereocenters. The van der Waals surface area contributed by atoms with Crippen molar-refractivity contribution in [2.24, 2.45) is 0 Å². The van der Waals surface area contributed by atoms with Gasteiger partial charge in [-0.05, 0) is 56.4 Å². The summed E-state index contributed by atoms with van der Waals surface area (Å²) in [5.41, 5.74) is 1.09. The molecule has 0 unspecified atom stereocenters. The summed E-state index contributed by atoms with van der Waals surface area (Å²) in [4.78, 5) is 12.7. The number of benzene rings is 2. The van der Waals surface area contributed by atoms with E-state index in [1.807, 2.05) is 38.1 Å². The monoisotopic (exact) mass is 466 g/mol. The third-order valence-corrected chi connectivity index (χ3v) is 4.12. The predicted octanol–water partition coefficient (Wildman–Crippen LogP) is 4.39. The molecular formula is C20H23BrN2O4S. The molecule has 0 fully saturated rings. The van der Waals surface area contributed by atoms with Gasteiger partial charge in [-0.15, -0.1) is 0 Å². The lowest BCUT2D eigenvalue weighted by molar-refractivity contribution is 0.0972. The van der Waals surface area contributed by atoms with E-state index in [2.05, 4.69) is 26.6 Å². The number of methoxy groups -OCH3 is 1. The van der Waals surface area contributed by atoms with Crippen molar-refractivity contribution in [1.82, 2.24) is 5.32 Å². The van der Waals surface area contributed by atoms with E-state index in [1.54, 1.807) is 25.3 Å². The summed E-state index contributed by atoms with van der Waals surface area (Å²) >= 11 is 8.65. The number of nitrogens with one attached hydrogen (secondary N) is 2. The number of halogens is 1. The zero-order chi connectivity index (χ0) is 20.5. The Morgan fingerprint density at radius 2 is 1.96 bits per heavy atom. The van der Waals surface area contributed by atoms with Crippen LogP contribution >= 0.6 is 28.1 Å². The third kappa shape index (κ3) is 7.10. The molecule has 0 aliphatic carbocycles. The third-order valence-electron chi connectivity index (χ3n) is 3.42. The average molecular weight is 467 g/mol. The Kier molecular flexibility index (Phi) is 8.69. The first-order valence-electron chi connectivity index (χ1n) is 8.69. The van der Waals surface area contributed by atoms with Crippen LogP contribution in [-0.4, -0.2) is 37.4 Å². The Balaban J connectivity index is 2.02. The van der Waals surface area contributed by atoms with E-state index in [0.29, 0.717) is 36.0 Å². The quantitative estimate of drug-likeness (QED) is 0.444. The Hall–Kier alpha value is -2.16. The highest BCUT2D eigenvalue weighted by Gasteiger charge is 2.16. The van der Waals surface area contributed by atoms with Crippen LogP contribution in [0.1, 0.15) is 24.2 Å². The standard InChI is InChI=1S/C20H23BrN2O4S/c1-13(2)27-18-8-7-14(21)11-17(18)19(24)23-20(28)22-15-5-4-6-16(12-15)26-10-9-25-3/h4-8,11-13H,9-10H2,1-3H3,(H2,22,23,24,28). The van der Waals surface area contributed by atoms with E-state index in [4.69, 9.17) is 26.4 Å². The van der Waals surface area contributed by atoms with E-state index < -0.39 is 0 Å². The number of hydrogen-bond acceptors (Lipinski definition) is 5. The molecule has 6 nitrogen and oxygen atoms in total. The van der Waals surface area contributed by atoms with E-state index in [1.165, 1.54) is 0 Å². The van der Waals surface area contributed by atoms with Crippen LogP contribution in [0.25, 0.3) is 0 Å². The van der Waals surface area contributed by atoms with Crippen LogP contribution in [0.3, 0.4) is 0 Å². The smallest absolute Gasteiger partial charge is 0.261 e. The molecule has 0 heterocycles. The molecule has 0 aliphatic heterocycles. The molecule has 0 radical (unpaired) electrons. The zero-order valence-corrected chi connectivity index (χ0v) is 18.4. The summed E-state index contributed by atoms with van der Waals surface area (Å²) in [6.45, 7) is 4.75. The first-order valence-corrected chi connectivity index (χ1v) is 9.89. The van der Waals surface area contributed by atoms with Crippen molar-refractivity contribution in [2.45, 2.75) is 20.0 Å². The topological polar surface area (TPSA) is 68.8 Å². The average Bonchev–Trinajstić information content (AvgIpc) is 2.63. The summed E-state index contributed by atoms with van der Waals surface area (Å²) in [5, 5.41) is 5.84. The largest absolute Gasteiger partial charge is 0.491 e. The Labute approximate surface area is 178 Å². The van der Waals surface area contributed by atoms with E-state index in [-0.39, 0.29) is 17.1 Å². The van der Waals surface area contributed by atoms with Crippen molar-refractivity contribution < 1.29 is 19.0 Å². The molecule has 2 rings (SSSR count). The van der Waals surface area contributed by atoms with Gasteiger partial charge in [-0.25, -0.2) is 0 Å². The second-order valence-electron chi connectivity index (χ2n) is 6.08. The molecule has 0 spiro atoms. The van der Waals surface area contributed by atoms with E-state index in [0.717, 1.165) is 4.47 Å². The van der Waals surface area contributed by atoms with Crippen LogP contribution < -0.4 is 20.1 Å². The number of amides is 1. The SMILES string of the molecule is COCCOc1cccc(NC(=S)NC(=O)c2cc(Br)ccc2OC(C)C)c1. The van der Waals surface area contributed by atoms with Gasteiger partial charge in [0.15, 0.2) is 5.11 Å². The highest BCUT2D eigenvalue weighted by molar-refractivity contribution is 9.10. The van der Waals surface area contributed by atoms with E-state index in [9.17, 15) is 4.79 Å². The molecule has 2 N–H and O–H groups in total. The molecule has 2 aromatic rings. The lowest BCUT2D eigenvalue weighted by Crippen LogP contribution is -2.34. The second-order valence-corrected chi connectivity index (χ2v) is 7.41. The minimum atomic E-state index is -0.359. The normalized spacial score (nSPS) is 10.5. The molecule has 0 saturated heterocycles. The predicted molar refractivity (Wildman–Crippen MR) is 117 cm³/mol. The maximum atomic E-state index is 12.7. The van der Waals surface area contributed by atoms with Gasteiger partial charge >= 0.3 is 0 Å². The van der Waals surface area contributed by atoms with Crippen LogP contribution in [0.5, 0.6) is 11.5 Å². The minimum Gasteiger partial charge on any atom is -0.491 e. The molecule has 0 aliphatic rings. The van der Waals surface area contributed by atoms with E-state index >= 15 is 0 Å². The van der Waals surface area contributed by atoms with Crippen LogP contribution in [0, 0.1) is 0 Å². The summed E-state index contributed by atoms with van der Waals surface area (Å²) < 4.78 is 17.0. The molecular weight excluding hydrogens is 444 g/mol. The second kappa shape index (κ2) is 11.0. The number of anilines is 1. The Morgan fingerprint density at radius 3 is 2.68 bits per heavy atom. The molecule has 1 amide bonds. The van der Waals surface area contributed by atoms with Gasteiger partial charge in [0.25, 0.3) is 5.91 Å². The number of ether oxygens (including phenoxy) is 3. The van der Waals surface area contributed by atoms with Crippen molar-refractivity contribution in [3.63, 3.8) is 0 Å². The van der Waals surface area contributed by atoms with Gasteiger partial charge in [0.1, 0.15) is 18.1 Å². The van der Waals surface area contributed by atoms with Gasteiger partial charge in [-0.1, -0.05) is 22.0 Å². The fourth-order valence-corrected chi connectivity index (χ4v) is 2.85. The van der Waals surface area contributed by atoms with Gasteiger partial charge in [0, 0.05) is 23.3 Å². The van der Waals surface area contributed by atoms with Crippen LogP contribution in [0.15, 0.2) is 46.9 Å². The molecule has 2 aromatic carbocycles. The maximum Gasteiger partial charge on any atom is 0.261 e. The minimum absolute atomic E-state index is 0.0568. The van der Waals surface area contributed by atoms with Gasteiger partial charge < -0.3 is 19.5 Å². The lowest BCUT2D eigenvalue weighted by atomic mass is 10.2. The fourth-order valence-electron chi connectivity index (χ4n) is 2.28. The Bertz CT molecular complexity index is 830. The van der Waals surface area contributed by atoms with Crippen molar-refractivity contribution in [2.75, 3.05) is 25.6 Å². The summed E-state index contributed by atoms with van der Waals surface area (Å²) in [6, 6.07) is 12.5. The van der Waals surface area contributed by atoms with Crippen LogP contribution in [0.4, 0.5) is 5.69 Å². The van der Waals surface area contributed by atoms with Gasteiger partial charge in [-0.2, -0.15) is 0 Å². The summed E-state index contributed by atoms with van der Waals surface area (Å²) in [5.74, 6) is 0.810. The first kappa shape index (κ1) is 22.1. The van der Waals surface area contributed by atoms with Crippen molar-refractivity contribution >= 4 is 44.9 Å². The lowest BCUT2D eigenvalue weighted by Gasteiger charge is -2.15. The highest BCUT2D eigenvalue weighted by Crippen LogP contribution is 2.24.